The Kier molecular flexibility index (Phi) is 5.81. The van der Waals surface area contributed by atoms with E-state index in [1.807, 2.05) is 0 Å². The lowest BCUT2D eigenvalue weighted by Crippen LogP contribution is -1.99. The first-order valence-electron chi connectivity index (χ1n) is 11.5. The molecule has 0 N–H and O–H groups in total. The maximum absolute atomic E-state index is 5.90. The first-order valence-corrected chi connectivity index (χ1v) is 11.5. The number of unbranched alkanes of at least 4 members (excludes halogenated alkanes) is 1. The van der Waals surface area contributed by atoms with Crippen LogP contribution in [0.4, 0.5) is 0 Å². The smallest absolute Gasteiger partial charge is 0.0469 e. The lowest BCUT2D eigenvalue weighted by atomic mass is 9.91. The molecule has 0 saturated carbocycles. The van der Waals surface area contributed by atoms with E-state index in [0.29, 0.717) is 0 Å². The van der Waals surface area contributed by atoms with Crippen LogP contribution in [-0.4, -0.2) is 13.2 Å². The van der Waals surface area contributed by atoms with Gasteiger partial charge in [0, 0.05) is 13.2 Å². The van der Waals surface area contributed by atoms with Gasteiger partial charge in [-0.2, -0.15) is 0 Å². The Morgan fingerprint density at radius 3 is 2.27 bits per heavy atom. The fraction of sp³-hybridized carbons (Fsp3) is 0.310. The second-order valence-electron chi connectivity index (χ2n) is 8.53. The van der Waals surface area contributed by atoms with Gasteiger partial charge in [-0.25, -0.2) is 0 Å². The van der Waals surface area contributed by atoms with E-state index in [2.05, 4.69) is 72.8 Å². The second kappa shape index (κ2) is 9.02. The van der Waals surface area contributed by atoms with Gasteiger partial charge in [0.15, 0.2) is 0 Å². The van der Waals surface area contributed by atoms with E-state index in [4.69, 9.17) is 4.74 Å². The zero-order chi connectivity index (χ0) is 20.2. The van der Waals surface area contributed by atoms with E-state index in [0.717, 1.165) is 45.3 Å². The van der Waals surface area contributed by atoms with Crippen LogP contribution >= 0.6 is 0 Å². The summed E-state index contributed by atoms with van der Waals surface area (Å²) in [6.07, 6.45) is 14.9. The molecule has 0 aromatic heterocycles. The van der Waals surface area contributed by atoms with Gasteiger partial charge in [-0.05, 0) is 82.8 Å². The number of rotatable bonds is 9. The lowest BCUT2D eigenvalue weighted by molar-refractivity contribution is 0.128. The third-order valence-corrected chi connectivity index (χ3v) is 6.48. The minimum absolute atomic E-state index is 0.880. The van der Waals surface area contributed by atoms with Gasteiger partial charge in [-0.1, -0.05) is 78.4 Å². The summed E-state index contributed by atoms with van der Waals surface area (Å²) in [5.74, 6) is 0. The van der Waals surface area contributed by atoms with Crippen LogP contribution in [0.15, 0.2) is 78.4 Å². The molecular weight excluding hydrogens is 364 g/mol. The molecule has 0 saturated heterocycles. The summed E-state index contributed by atoms with van der Waals surface area (Å²) >= 11 is 0. The molecule has 0 amide bonds. The summed E-state index contributed by atoms with van der Waals surface area (Å²) in [7, 11) is 0. The number of aryl methyl sites for hydroxylation is 1. The largest absolute Gasteiger partial charge is 0.381 e. The van der Waals surface area contributed by atoms with E-state index < -0.39 is 0 Å². The van der Waals surface area contributed by atoms with E-state index >= 15 is 0 Å². The van der Waals surface area contributed by atoms with Crippen molar-refractivity contribution >= 4 is 32.3 Å². The normalized spacial score (nSPS) is 14.2. The first kappa shape index (κ1) is 19.3. The molecule has 0 aliphatic heterocycles. The third-order valence-electron chi connectivity index (χ3n) is 6.48. The average molecular weight is 395 g/mol. The summed E-state index contributed by atoms with van der Waals surface area (Å²) in [5.41, 5.74) is 3.05. The van der Waals surface area contributed by atoms with Crippen LogP contribution < -0.4 is 0 Å². The van der Waals surface area contributed by atoms with Crippen LogP contribution in [0.3, 0.4) is 0 Å². The van der Waals surface area contributed by atoms with Gasteiger partial charge in [0.25, 0.3) is 0 Å². The highest BCUT2D eigenvalue weighted by molar-refractivity contribution is 6.23. The number of benzene rings is 4. The van der Waals surface area contributed by atoms with Crippen molar-refractivity contribution in [2.45, 2.75) is 44.9 Å². The fourth-order valence-electron chi connectivity index (χ4n) is 4.89. The average Bonchev–Trinajstić information content (AvgIpc) is 2.80. The molecule has 0 fully saturated rings. The minimum Gasteiger partial charge on any atom is -0.381 e. The molecule has 0 radical (unpaired) electrons. The Labute approximate surface area is 179 Å². The Morgan fingerprint density at radius 1 is 0.667 bits per heavy atom. The van der Waals surface area contributed by atoms with Crippen LogP contribution in [0.1, 0.15) is 44.1 Å². The summed E-state index contributed by atoms with van der Waals surface area (Å²) in [5, 5.41) is 8.32. The Bertz CT molecular complexity index is 1180. The highest BCUT2D eigenvalue weighted by Crippen LogP contribution is 2.36. The van der Waals surface area contributed by atoms with Gasteiger partial charge in [0.1, 0.15) is 0 Å². The molecule has 4 aromatic carbocycles. The predicted octanol–water partition coefficient (Wildman–Crippen LogP) is 7.98. The summed E-state index contributed by atoms with van der Waals surface area (Å²) in [6, 6.07) is 20.4. The lowest BCUT2D eigenvalue weighted by Gasteiger charge is -2.14. The Morgan fingerprint density at radius 2 is 1.43 bits per heavy atom. The van der Waals surface area contributed by atoms with Crippen molar-refractivity contribution in [1.82, 2.24) is 0 Å². The van der Waals surface area contributed by atoms with Gasteiger partial charge in [-0.3, -0.25) is 0 Å². The minimum atomic E-state index is 0.880. The molecule has 0 spiro atoms. The molecule has 1 aliphatic carbocycles. The van der Waals surface area contributed by atoms with E-state index in [9.17, 15) is 0 Å². The van der Waals surface area contributed by atoms with Crippen molar-refractivity contribution in [2.24, 2.45) is 0 Å². The van der Waals surface area contributed by atoms with Crippen molar-refractivity contribution in [1.29, 1.82) is 0 Å². The SMILES string of the molecule is C1=CCC(CCCOCCCCc2ccc3ccc4cccc5ccc2c3c45)=CC1. The number of hydrogen-bond donors (Lipinski definition) is 0. The van der Waals surface area contributed by atoms with Crippen molar-refractivity contribution in [3.63, 3.8) is 0 Å². The molecule has 1 aliphatic rings. The van der Waals surface area contributed by atoms with Gasteiger partial charge >= 0.3 is 0 Å². The van der Waals surface area contributed by atoms with Crippen LogP contribution in [-0.2, 0) is 11.2 Å². The summed E-state index contributed by atoms with van der Waals surface area (Å²) in [6.45, 7) is 1.77. The predicted molar refractivity (Wildman–Crippen MR) is 130 cm³/mol. The van der Waals surface area contributed by atoms with Crippen molar-refractivity contribution in [3.05, 3.63) is 84.0 Å². The van der Waals surface area contributed by atoms with Crippen molar-refractivity contribution in [2.75, 3.05) is 13.2 Å². The third kappa shape index (κ3) is 4.00. The van der Waals surface area contributed by atoms with E-state index in [-0.39, 0.29) is 0 Å². The molecule has 0 atom stereocenters. The molecule has 0 heterocycles. The zero-order valence-electron chi connectivity index (χ0n) is 17.7. The van der Waals surface area contributed by atoms with Crippen LogP contribution in [0, 0.1) is 0 Å². The Balaban J connectivity index is 1.16. The zero-order valence-corrected chi connectivity index (χ0v) is 17.7. The van der Waals surface area contributed by atoms with Crippen LogP contribution in [0.2, 0.25) is 0 Å². The van der Waals surface area contributed by atoms with Gasteiger partial charge in [-0.15, -0.1) is 0 Å². The van der Waals surface area contributed by atoms with Gasteiger partial charge in [0.2, 0.25) is 0 Å². The highest BCUT2D eigenvalue weighted by Gasteiger charge is 2.10. The molecule has 0 unspecified atom stereocenters. The maximum Gasteiger partial charge on any atom is 0.0469 e. The molecule has 0 bridgehead atoms. The maximum atomic E-state index is 5.90. The molecule has 4 aromatic rings. The topological polar surface area (TPSA) is 9.23 Å². The Hall–Kier alpha value is -2.64. The highest BCUT2D eigenvalue weighted by atomic mass is 16.5. The second-order valence-corrected chi connectivity index (χ2v) is 8.53. The summed E-state index contributed by atoms with van der Waals surface area (Å²) in [4.78, 5) is 0. The molecule has 5 rings (SSSR count). The van der Waals surface area contributed by atoms with Crippen molar-refractivity contribution in [3.8, 4) is 0 Å². The van der Waals surface area contributed by atoms with E-state index in [1.54, 1.807) is 5.57 Å². The molecule has 1 heteroatoms. The standard InChI is InChI=1S/C29H30O/c1-2-8-22(9-3-1)10-7-21-30-20-5-4-11-23-14-15-26-17-16-24-12-6-13-25-18-19-27(23)29(26)28(24)25/h1-2,6,9,12-19H,3-5,7-8,10-11,20-21H2. The van der Waals surface area contributed by atoms with Crippen LogP contribution in [0.25, 0.3) is 32.3 Å². The van der Waals surface area contributed by atoms with Crippen molar-refractivity contribution < 1.29 is 4.74 Å². The number of hydrogen-bond acceptors (Lipinski definition) is 1. The monoisotopic (exact) mass is 394 g/mol. The fourth-order valence-corrected chi connectivity index (χ4v) is 4.89. The number of ether oxygens (including phenoxy) is 1. The van der Waals surface area contributed by atoms with Gasteiger partial charge < -0.3 is 4.74 Å². The molecular formula is C29H30O. The molecule has 1 nitrogen and oxygen atoms in total. The van der Waals surface area contributed by atoms with Crippen LogP contribution in [0.5, 0.6) is 0 Å². The van der Waals surface area contributed by atoms with E-state index in [1.165, 1.54) is 50.7 Å². The van der Waals surface area contributed by atoms with Gasteiger partial charge in [0.05, 0.1) is 0 Å². The quantitative estimate of drug-likeness (QED) is 0.159. The first-order chi connectivity index (χ1) is 14.9. The molecule has 152 valence electrons. The summed E-state index contributed by atoms with van der Waals surface area (Å²) < 4.78 is 5.90. The molecule has 30 heavy (non-hydrogen) atoms. The number of allylic oxidation sites excluding steroid dienone is 4.